The SMILES string of the molecule is C[C@@H]1[C@@H](O)C[C@]2(O)C[C@@]3(O)CC(C)(C)C[C@H]3[C@]12C. The topological polar surface area (TPSA) is 60.7 Å². The van der Waals surface area contributed by atoms with E-state index in [1.54, 1.807) is 0 Å². The first-order valence-electron chi connectivity index (χ1n) is 7.17. The molecule has 0 aliphatic heterocycles. The maximum Gasteiger partial charge on any atom is 0.0760 e. The van der Waals surface area contributed by atoms with E-state index in [4.69, 9.17) is 0 Å². The number of hydrogen-bond donors (Lipinski definition) is 3. The number of hydrogen-bond acceptors (Lipinski definition) is 3. The summed E-state index contributed by atoms with van der Waals surface area (Å²) in [7, 11) is 0. The van der Waals surface area contributed by atoms with Crippen LogP contribution in [-0.2, 0) is 0 Å². The van der Waals surface area contributed by atoms with Crippen LogP contribution in [0.4, 0.5) is 0 Å². The maximum absolute atomic E-state index is 11.0. The summed E-state index contributed by atoms with van der Waals surface area (Å²) in [5, 5.41) is 32.0. The minimum Gasteiger partial charge on any atom is -0.393 e. The van der Waals surface area contributed by atoms with Crippen molar-refractivity contribution in [1.29, 1.82) is 0 Å². The van der Waals surface area contributed by atoms with Gasteiger partial charge in [0.25, 0.3) is 0 Å². The molecule has 3 aliphatic rings. The highest BCUT2D eigenvalue weighted by Gasteiger charge is 2.75. The molecule has 0 aromatic rings. The third-order valence-corrected chi connectivity index (χ3v) is 6.59. The van der Waals surface area contributed by atoms with E-state index in [1.807, 2.05) is 6.92 Å². The Balaban J connectivity index is 2.07. The van der Waals surface area contributed by atoms with E-state index in [9.17, 15) is 15.3 Å². The highest BCUT2D eigenvalue weighted by molar-refractivity contribution is 5.25. The molecule has 3 N–H and O–H groups in total. The molecule has 18 heavy (non-hydrogen) atoms. The van der Waals surface area contributed by atoms with Crippen LogP contribution in [0.2, 0.25) is 0 Å². The van der Waals surface area contributed by atoms with Crippen molar-refractivity contribution in [3.05, 3.63) is 0 Å². The van der Waals surface area contributed by atoms with Crippen molar-refractivity contribution in [2.75, 3.05) is 0 Å². The molecule has 3 rings (SSSR count). The zero-order valence-electron chi connectivity index (χ0n) is 11.9. The average molecular weight is 254 g/mol. The summed E-state index contributed by atoms with van der Waals surface area (Å²) < 4.78 is 0. The lowest BCUT2D eigenvalue weighted by atomic mass is 9.66. The van der Waals surface area contributed by atoms with Gasteiger partial charge in [-0.2, -0.15) is 0 Å². The smallest absolute Gasteiger partial charge is 0.0760 e. The van der Waals surface area contributed by atoms with E-state index in [2.05, 4.69) is 20.8 Å². The van der Waals surface area contributed by atoms with Gasteiger partial charge >= 0.3 is 0 Å². The van der Waals surface area contributed by atoms with Crippen molar-refractivity contribution in [2.24, 2.45) is 22.7 Å². The normalized spacial score (nSPS) is 61.8. The third-order valence-electron chi connectivity index (χ3n) is 6.59. The fourth-order valence-corrected chi connectivity index (χ4v) is 5.70. The van der Waals surface area contributed by atoms with E-state index >= 15 is 0 Å². The van der Waals surface area contributed by atoms with Gasteiger partial charge in [-0.25, -0.2) is 0 Å². The maximum atomic E-state index is 11.0. The summed E-state index contributed by atoms with van der Waals surface area (Å²) in [6, 6.07) is 0. The lowest BCUT2D eigenvalue weighted by molar-refractivity contribution is -0.0642. The van der Waals surface area contributed by atoms with Gasteiger partial charge in [0.1, 0.15) is 0 Å². The van der Waals surface area contributed by atoms with Crippen LogP contribution in [0.5, 0.6) is 0 Å². The van der Waals surface area contributed by atoms with Crippen molar-refractivity contribution < 1.29 is 15.3 Å². The van der Waals surface area contributed by atoms with Crippen molar-refractivity contribution in [1.82, 2.24) is 0 Å². The first-order valence-corrected chi connectivity index (χ1v) is 7.17. The summed E-state index contributed by atoms with van der Waals surface area (Å²) in [6.07, 6.45) is 2.13. The predicted octanol–water partition coefficient (Wildman–Crippen LogP) is 1.70. The molecule has 0 radical (unpaired) electrons. The lowest BCUT2D eigenvalue weighted by Crippen LogP contribution is -2.44. The van der Waals surface area contributed by atoms with Gasteiger partial charge in [-0.3, -0.25) is 0 Å². The minimum absolute atomic E-state index is 0.0513. The van der Waals surface area contributed by atoms with Crippen LogP contribution in [0.25, 0.3) is 0 Å². The molecule has 3 fully saturated rings. The third kappa shape index (κ3) is 1.26. The minimum atomic E-state index is -0.887. The summed E-state index contributed by atoms with van der Waals surface area (Å²) in [6.45, 7) is 8.50. The van der Waals surface area contributed by atoms with E-state index in [1.165, 1.54) is 0 Å². The van der Waals surface area contributed by atoms with Crippen LogP contribution in [0, 0.1) is 22.7 Å². The fraction of sp³-hybridized carbons (Fsp3) is 1.00. The number of aliphatic hydroxyl groups excluding tert-OH is 1. The molecule has 0 amide bonds. The van der Waals surface area contributed by atoms with E-state index in [-0.39, 0.29) is 22.7 Å². The zero-order chi connectivity index (χ0) is 13.6. The van der Waals surface area contributed by atoms with E-state index in [0.717, 1.165) is 12.8 Å². The van der Waals surface area contributed by atoms with E-state index < -0.39 is 17.3 Å². The van der Waals surface area contributed by atoms with Gasteiger partial charge < -0.3 is 15.3 Å². The highest BCUT2D eigenvalue weighted by atomic mass is 16.3. The van der Waals surface area contributed by atoms with Gasteiger partial charge in [0.15, 0.2) is 0 Å². The van der Waals surface area contributed by atoms with Gasteiger partial charge in [-0.05, 0) is 30.1 Å². The highest BCUT2D eigenvalue weighted by Crippen LogP contribution is 2.71. The molecule has 0 bridgehead atoms. The van der Waals surface area contributed by atoms with Gasteiger partial charge in [0.2, 0.25) is 0 Å². The Morgan fingerprint density at radius 2 is 1.61 bits per heavy atom. The largest absolute Gasteiger partial charge is 0.393 e. The van der Waals surface area contributed by atoms with Crippen LogP contribution in [0.1, 0.15) is 53.4 Å². The lowest BCUT2D eigenvalue weighted by Gasteiger charge is -2.41. The van der Waals surface area contributed by atoms with Crippen LogP contribution >= 0.6 is 0 Å². The Morgan fingerprint density at radius 1 is 1.00 bits per heavy atom. The second-order valence-corrected chi connectivity index (χ2v) is 8.25. The standard InChI is InChI=1S/C15H26O3/c1-9-10(16)5-15(18)8-14(17)7-12(2,3)6-11(14)13(9,15)4/h9-11,16-18H,5-8H2,1-4H3/t9-,10+,11+,13+,14+,15+/m1/s1. The molecule has 0 unspecified atom stereocenters. The number of fused-ring (bicyclic) bond motifs is 3. The molecule has 0 heterocycles. The molecule has 0 spiro atoms. The summed E-state index contributed by atoms with van der Waals surface area (Å²) >= 11 is 0. The number of rotatable bonds is 0. The van der Waals surface area contributed by atoms with Crippen molar-refractivity contribution in [3.63, 3.8) is 0 Å². The summed E-state index contributed by atoms with van der Waals surface area (Å²) in [4.78, 5) is 0. The Kier molecular flexibility index (Phi) is 2.24. The van der Waals surface area contributed by atoms with Crippen molar-refractivity contribution in [2.45, 2.75) is 70.7 Å². The molecule has 0 aromatic heterocycles. The van der Waals surface area contributed by atoms with Crippen LogP contribution < -0.4 is 0 Å². The molecule has 3 aliphatic carbocycles. The van der Waals surface area contributed by atoms with Gasteiger partial charge in [-0.15, -0.1) is 0 Å². The van der Waals surface area contributed by atoms with E-state index in [0.29, 0.717) is 12.8 Å². The number of aliphatic hydroxyl groups is 3. The molecule has 104 valence electrons. The average Bonchev–Trinajstić information content (AvgIpc) is 2.57. The molecular weight excluding hydrogens is 228 g/mol. The zero-order valence-corrected chi connectivity index (χ0v) is 11.9. The van der Waals surface area contributed by atoms with Crippen LogP contribution in [-0.4, -0.2) is 32.6 Å². The van der Waals surface area contributed by atoms with Gasteiger partial charge in [-0.1, -0.05) is 27.7 Å². The van der Waals surface area contributed by atoms with Crippen molar-refractivity contribution >= 4 is 0 Å². The predicted molar refractivity (Wildman–Crippen MR) is 68.9 cm³/mol. The quantitative estimate of drug-likeness (QED) is 0.616. The first-order chi connectivity index (χ1) is 8.04. The Hall–Kier alpha value is -0.120. The molecule has 0 saturated heterocycles. The summed E-state index contributed by atoms with van der Waals surface area (Å²) in [5.41, 5.74) is -1.84. The Bertz CT molecular complexity index is 393. The molecular formula is C15H26O3. The van der Waals surface area contributed by atoms with Gasteiger partial charge in [0, 0.05) is 18.3 Å². The molecule has 0 aromatic carbocycles. The monoisotopic (exact) mass is 254 g/mol. The molecule has 3 nitrogen and oxygen atoms in total. The van der Waals surface area contributed by atoms with Gasteiger partial charge in [0.05, 0.1) is 17.3 Å². The molecule has 3 heteroatoms. The van der Waals surface area contributed by atoms with Crippen LogP contribution in [0.15, 0.2) is 0 Å². The first kappa shape index (κ1) is 12.9. The molecule has 6 atom stereocenters. The summed E-state index contributed by atoms with van der Waals surface area (Å²) in [5.74, 6) is 0.160. The Morgan fingerprint density at radius 3 is 2.22 bits per heavy atom. The van der Waals surface area contributed by atoms with Crippen molar-refractivity contribution in [3.8, 4) is 0 Å². The second-order valence-electron chi connectivity index (χ2n) is 8.25. The fourth-order valence-electron chi connectivity index (χ4n) is 5.70. The second kappa shape index (κ2) is 3.13. The van der Waals surface area contributed by atoms with Crippen LogP contribution in [0.3, 0.4) is 0 Å². The molecule has 3 saturated carbocycles. The Labute approximate surface area is 109 Å².